The van der Waals surface area contributed by atoms with Crippen LogP contribution in [0, 0.1) is 0 Å². The number of nitrogens with one attached hydrogen (secondary N) is 2. The first kappa shape index (κ1) is 20.5. The molecule has 6 heteroatoms. The average Bonchev–Trinajstić information content (AvgIpc) is 2.71. The van der Waals surface area contributed by atoms with Gasteiger partial charge in [-0.2, -0.15) is 0 Å². The highest BCUT2D eigenvalue weighted by atomic mass is 16.5. The van der Waals surface area contributed by atoms with Crippen molar-refractivity contribution in [2.75, 3.05) is 14.2 Å². The summed E-state index contributed by atoms with van der Waals surface area (Å²) < 4.78 is 10.5. The highest BCUT2D eigenvalue weighted by Crippen LogP contribution is 2.27. The molecule has 0 fully saturated rings. The first-order valence-electron chi connectivity index (χ1n) is 9.54. The van der Waals surface area contributed by atoms with Crippen LogP contribution in [-0.2, 0) is 17.8 Å². The molecule has 3 aromatic rings. The molecule has 0 saturated carbocycles. The molecule has 1 aromatic heterocycles. The Bertz CT molecular complexity index is 1090. The zero-order valence-electron chi connectivity index (χ0n) is 17.2. The molecule has 2 N–H and O–H groups in total. The van der Waals surface area contributed by atoms with Crippen molar-refractivity contribution in [3.8, 4) is 11.5 Å². The molecule has 0 bridgehead atoms. The van der Waals surface area contributed by atoms with E-state index in [1.165, 1.54) is 5.56 Å². The largest absolute Gasteiger partial charge is 0.493 e. The van der Waals surface area contributed by atoms with Gasteiger partial charge in [-0.25, -0.2) is 0 Å². The summed E-state index contributed by atoms with van der Waals surface area (Å²) in [4.78, 5) is 27.6. The molecule has 0 radical (unpaired) electrons. The lowest BCUT2D eigenvalue weighted by Crippen LogP contribution is -2.28. The third kappa shape index (κ3) is 4.77. The lowest BCUT2D eigenvalue weighted by molar-refractivity contribution is -0.120. The molecule has 6 nitrogen and oxygen atoms in total. The summed E-state index contributed by atoms with van der Waals surface area (Å²) in [5, 5.41) is 3.78. The number of methoxy groups -OCH3 is 2. The van der Waals surface area contributed by atoms with E-state index in [4.69, 9.17) is 9.47 Å². The third-order valence-electron chi connectivity index (χ3n) is 4.90. The van der Waals surface area contributed by atoms with Crippen LogP contribution in [0.2, 0.25) is 0 Å². The molecule has 1 amide bonds. The van der Waals surface area contributed by atoms with Gasteiger partial charge < -0.3 is 19.8 Å². The van der Waals surface area contributed by atoms with Gasteiger partial charge in [-0.3, -0.25) is 9.59 Å². The van der Waals surface area contributed by atoms with Crippen molar-refractivity contribution >= 4 is 16.8 Å². The molecule has 152 valence electrons. The number of carbonyl (C=O) groups is 1. The number of ether oxygens (including phenoxy) is 2. The molecule has 29 heavy (non-hydrogen) atoms. The Morgan fingerprint density at radius 1 is 1.03 bits per heavy atom. The predicted octanol–water partition coefficient (Wildman–Crippen LogP) is 3.53. The van der Waals surface area contributed by atoms with E-state index in [1.807, 2.05) is 24.3 Å². The fraction of sp³-hybridized carbons (Fsp3) is 0.304. The van der Waals surface area contributed by atoms with Gasteiger partial charge in [0.1, 0.15) is 0 Å². The van der Waals surface area contributed by atoms with E-state index in [-0.39, 0.29) is 24.4 Å². The van der Waals surface area contributed by atoms with E-state index in [9.17, 15) is 9.59 Å². The second-order valence-electron chi connectivity index (χ2n) is 7.27. The number of carbonyl (C=O) groups excluding carboxylic acids is 1. The van der Waals surface area contributed by atoms with Crippen LogP contribution in [0.3, 0.4) is 0 Å². The number of hydrogen-bond donors (Lipinski definition) is 2. The summed E-state index contributed by atoms with van der Waals surface area (Å²) >= 11 is 0. The van der Waals surface area contributed by atoms with Gasteiger partial charge in [-0.1, -0.05) is 26.0 Å². The number of rotatable bonds is 7. The monoisotopic (exact) mass is 394 g/mol. The Morgan fingerprint density at radius 2 is 1.79 bits per heavy atom. The van der Waals surface area contributed by atoms with E-state index in [0.29, 0.717) is 23.0 Å². The van der Waals surface area contributed by atoms with Gasteiger partial charge in [0.25, 0.3) is 5.56 Å². The molecule has 0 aliphatic heterocycles. The van der Waals surface area contributed by atoms with Crippen LogP contribution in [0.15, 0.2) is 47.3 Å². The topological polar surface area (TPSA) is 80.4 Å². The number of pyridine rings is 1. The van der Waals surface area contributed by atoms with Gasteiger partial charge in [0, 0.05) is 17.6 Å². The summed E-state index contributed by atoms with van der Waals surface area (Å²) in [6, 6.07) is 13.2. The first-order valence-corrected chi connectivity index (χ1v) is 9.54. The Hall–Kier alpha value is -3.28. The minimum absolute atomic E-state index is 0.170. The van der Waals surface area contributed by atoms with E-state index in [1.54, 1.807) is 26.4 Å². The maximum absolute atomic E-state index is 12.4. The number of aromatic amines is 1. The molecular formula is C23H26N2O4. The molecule has 0 aliphatic carbocycles. The molecule has 0 aliphatic rings. The second kappa shape index (κ2) is 8.82. The maximum Gasteiger partial charge on any atom is 0.253 e. The van der Waals surface area contributed by atoms with Crippen LogP contribution in [0.4, 0.5) is 0 Å². The smallest absolute Gasteiger partial charge is 0.253 e. The lowest BCUT2D eigenvalue weighted by Gasteiger charge is -2.10. The minimum Gasteiger partial charge on any atom is -0.493 e. The van der Waals surface area contributed by atoms with Crippen molar-refractivity contribution in [3.05, 3.63) is 69.5 Å². The quantitative estimate of drug-likeness (QED) is 0.642. The van der Waals surface area contributed by atoms with Crippen LogP contribution in [0.25, 0.3) is 10.9 Å². The minimum atomic E-state index is -0.193. The van der Waals surface area contributed by atoms with Crippen molar-refractivity contribution in [1.82, 2.24) is 10.3 Å². The number of fused-ring (bicyclic) bond motifs is 1. The van der Waals surface area contributed by atoms with E-state index >= 15 is 0 Å². The Kier molecular flexibility index (Phi) is 6.22. The normalized spacial score (nSPS) is 10.9. The van der Waals surface area contributed by atoms with Crippen LogP contribution >= 0.6 is 0 Å². The highest BCUT2D eigenvalue weighted by Gasteiger charge is 2.10. The Labute approximate surface area is 169 Å². The molecule has 0 saturated heterocycles. The summed E-state index contributed by atoms with van der Waals surface area (Å²) in [6.07, 6.45) is 0.184. The predicted molar refractivity (Wildman–Crippen MR) is 114 cm³/mol. The Morgan fingerprint density at radius 3 is 2.48 bits per heavy atom. The maximum atomic E-state index is 12.4. The van der Waals surface area contributed by atoms with Gasteiger partial charge in [-0.15, -0.1) is 0 Å². The van der Waals surface area contributed by atoms with E-state index in [2.05, 4.69) is 30.2 Å². The van der Waals surface area contributed by atoms with Gasteiger partial charge in [0.05, 0.1) is 20.6 Å². The lowest BCUT2D eigenvalue weighted by atomic mass is 10.0. The number of benzene rings is 2. The van der Waals surface area contributed by atoms with E-state index in [0.717, 1.165) is 16.5 Å². The molecular weight excluding hydrogens is 368 g/mol. The van der Waals surface area contributed by atoms with Gasteiger partial charge in [0.2, 0.25) is 5.91 Å². The van der Waals surface area contributed by atoms with Crippen LogP contribution in [-0.4, -0.2) is 25.1 Å². The fourth-order valence-corrected chi connectivity index (χ4v) is 3.19. The average molecular weight is 394 g/mol. The summed E-state index contributed by atoms with van der Waals surface area (Å²) in [6.45, 7) is 4.42. The standard InChI is InChI=1S/C23H26N2O4/c1-14(2)16-6-7-19-17(11-16)12-18(23(27)25-19)13-24-22(26)10-15-5-8-20(28-3)21(9-15)29-4/h5-9,11-12,14H,10,13H2,1-4H3,(H,24,26)(H,25,27). The second-order valence-corrected chi connectivity index (χ2v) is 7.27. The van der Waals surface area contributed by atoms with Gasteiger partial charge >= 0.3 is 0 Å². The van der Waals surface area contributed by atoms with Crippen molar-refractivity contribution in [1.29, 1.82) is 0 Å². The first-order chi connectivity index (χ1) is 13.9. The Balaban J connectivity index is 1.72. The summed E-state index contributed by atoms with van der Waals surface area (Å²) in [5.74, 6) is 1.41. The summed E-state index contributed by atoms with van der Waals surface area (Å²) in [5.41, 5.74) is 3.13. The zero-order valence-corrected chi connectivity index (χ0v) is 17.2. The van der Waals surface area contributed by atoms with Crippen molar-refractivity contribution in [3.63, 3.8) is 0 Å². The van der Waals surface area contributed by atoms with Crippen LogP contribution < -0.4 is 20.3 Å². The number of amides is 1. The van der Waals surface area contributed by atoms with Crippen molar-refractivity contribution in [2.24, 2.45) is 0 Å². The third-order valence-corrected chi connectivity index (χ3v) is 4.90. The van der Waals surface area contributed by atoms with E-state index < -0.39 is 0 Å². The van der Waals surface area contributed by atoms with Gasteiger partial charge in [-0.05, 0) is 52.8 Å². The highest BCUT2D eigenvalue weighted by molar-refractivity contribution is 5.81. The molecule has 0 atom stereocenters. The molecule has 0 spiro atoms. The summed E-state index contributed by atoms with van der Waals surface area (Å²) in [7, 11) is 3.12. The van der Waals surface area contributed by atoms with Crippen molar-refractivity contribution < 1.29 is 14.3 Å². The van der Waals surface area contributed by atoms with Crippen LogP contribution in [0.1, 0.15) is 36.5 Å². The molecule has 0 unspecified atom stereocenters. The number of H-pyrrole nitrogens is 1. The number of hydrogen-bond acceptors (Lipinski definition) is 4. The van der Waals surface area contributed by atoms with Crippen molar-refractivity contribution in [2.45, 2.75) is 32.7 Å². The number of aromatic nitrogens is 1. The van der Waals surface area contributed by atoms with Gasteiger partial charge in [0.15, 0.2) is 11.5 Å². The van der Waals surface area contributed by atoms with Crippen LogP contribution in [0.5, 0.6) is 11.5 Å². The molecule has 1 heterocycles. The SMILES string of the molecule is COc1ccc(CC(=O)NCc2cc3cc(C(C)C)ccc3[nH]c2=O)cc1OC. The molecule has 3 rings (SSSR count). The fourth-order valence-electron chi connectivity index (χ4n) is 3.19. The molecule has 2 aromatic carbocycles. The zero-order chi connectivity index (χ0) is 21.0.